The largest absolute Gasteiger partial charge is 0.504 e. The van der Waals surface area contributed by atoms with Crippen LogP contribution in [0.1, 0.15) is 56.0 Å². The van der Waals surface area contributed by atoms with Gasteiger partial charge in [0.25, 0.3) is 0 Å². The Morgan fingerprint density at radius 3 is 2.48 bits per heavy atom. The molecular weight excluding hydrogens is 268 g/mol. The Balaban J connectivity index is 2.25. The summed E-state index contributed by atoms with van der Waals surface area (Å²) in [6.07, 6.45) is 1.39. The highest BCUT2D eigenvalue weighted by atomic mass is 16.3. The molecule has 0 bridgehead atoms. The molecule has 2 atom stereocenters. The van der Waals surface area contributed by atoms with Crippen LogP contribution in [0.15, 0.2) is 12.1 Å². The lowest BCUT2D eigenvalue weighted by molar-refractivity contribution is -0.136. The number of carbonyl (C=O) groups is 2. The number of hydrogen-bond acceptors (Lipinski definition) is 4. The van der Waals surface area contributed by atoms with E-state index in [0.29, 0.717) is 12.8 Å². The van der Waals surface area contributed by atoms with Gasteiger partial charge < -0.3 is 10.2 Å². The third-order valence-corrected chi connectivity index (χ3v) is 5.67. The van der Waals surface area contributed by atoms with Gasteiger partial charge in [0, 0.05) is 18.3 Å². The number of carbonyl (C=O) groups excluding carboxylic acids is 2. The topological polar surface area (TPSA) is 74.6 Å². The number of hydrogen-bond donors (Lipinski definition) is 2. The number of fused-ring (bicyclic) bond motifs is 3. The Bertz CT molecular complexity index is 659. The molecule has 2 unspecified atom stereocenters. The van der Waals surface area contributed by atoms with Crippen LogP contribution in [-0.4, -0.2) is 21.8 Å². The van der Waals surface area contributed by atoms with E-state index >= 15 is 0 Å². The fourth-order valence-electron chi connectivity index (χ4n) is 4.29. The third kappa shape index (κ3) is 1.68. The molecule has 2 aliphatic rings. The molecule has 0 heterocycles. The van der Waals surface area contributed by atoms with Crippen LogP contribution >= 0.6 is 0 Å². The number of phenolic OH excluding ortho intramolecular Hbond substituents is 2. The van der Waals surface area contributed by atoms with E-state index in [1.807, 2.05) is 13.8 Å². The van der Waals surface area contributed by atoms with Gasteiger partial charge in [-0.15, -0.1) is 0 Å². The predicted octanol–water partition coefficient (Wildman–Crippen LogP) is 2.95. The smallest absolute Gasteiger partial charge is 0.168 e. The zero-order valence-corrected chi connectivity index (χ0v) is 12.6. The molecule has 0 amide bonds. The summed E-state index contributed by atoms with van der Waals surface area (Å²) in [5, 5.41) is 19.7. The second-order valence-corrected chi connectivity index (χ2v) is 7.10. The van der Waals surface area contributed by atoms with Crippen molar-refractivity contribution in [1.82, 2.24) is 0 Å². The molecule has 1 aromatic carbocycles. The Morgan fingerprint density at radius 1 is 1.14 bits per heavy atom. The lowest BCUT2D eigenvalue weighted by atomic mass is 9.49. The first-order valence-electron chi connectivity index (χ1n) is 7.31. The van der Waals surface area contributed by atoms with Gasteiger partial charge in [-0.05, 0) is 29.4 Å². The van der Waals surface area contributed by atoms with Crippen molar-refractivity contribution < 1.29 is 19.8 Å². The first-order chi connectivity index (χ1) is 9.69. The number of benzene rings is 1. The summed E-state index contributed by atoms with van der Waals surface area (Å²) in [6, 6.07) is 3.15. The van der Waals surface area contributed by atoms with Crippen molar-refractivity contribution in [2.24, 2.45) is 11.3 Å². The van der Waals surface area contributed by atoms with Crippen molar-refractivity contribution in [3.05, 3.63) is 23.3 Å². The summed E-state index contributed by atoms with van der Waals surface area (Å²) >= 11 is 0. The standard InChI is InChI=1S/C17H20O4/c1-16(2)12-8-11(19)14-9(4-5-10(18)15(14)21)17(12,3)7-6-13(16)20/h4-5,12,18,21H,6-8H2,1-3H3. The van der Waals surface area contributed by atoms with E-state index in [2.05, 4.69) is 6.92 Å². The van der Waals surface area contributed by atoms with Gasteiger partial charge in [-0.25, -0.2) is 0 Å². The molecule has 1 fully saturated rings. The normalized spacial score (nSPS) is 30.7. The monoisotopic (exact) mass is 288 g/mol. The van der Waals surface area contributed by atoms with E-state index < -0.39 is 5.41 Å². The summed E-state index contributed by atoms with van der Waals surface area (Å²) in [5.74, 6) is -0.662. The average molecular weight is 288 g/mol. The second-order valence-electron chi connectivity index (χ2n) is 7.10. The van der Waals surface area contributed by atoms with Crippen LogP contribution in [0.3, 0.4) is 0 Å². The van der Waals surface area contributed by atoms with Gasteiger partial charge in [-0.1, -0.05) is 26.8 Å². The molecule has 1 aromatic rings. The van der Waals surface area contributed by atoms with E-state index in [0.717, 1.165) is 5.56 Å². The van der Waals surface area contributed by atoms with Crippen molar-refractivity contribution in [3.8, 4) is 11.5 Å². The molecule has 0 spiro atoms. The van der Waals surface area contributed by atoms with Gasteiger partial charge >= 0.3 is 0 Å². The zero-order chi connectivity index (χ0) is 15.6. The number of phenols is 2. The quantitative estimate of drug-likeness (QED) is 0.720. The van der Waals surface area contributed by atoms with Crippen molar-refractivity contribution in [1.29, 1.82) is 0 Å². The van der Waals surface area contributed by atoms with Crippen molar-refractivity contribution in [2.45, 2.75) is 45.4 Å². The van der Waals surface area contributed by atoms with Crippen LogP contribution in [0, 0.1) is 11.3 Å². The maximum absolute atomic E-state index is 12.5. The number of Topliss-reactive ketones (excluding diaryl/α,β-unsaturated/α-hetero) is 2. The average Bonchev–Trinajstić information content (AvgIpc) is 2.41. The molecule has 4 nitrogen and oxygen atoms in total. The van der Waals surface area contributed by atoms with E-state index in [1.165, 1.54) is 6.07 Å². The molecule has 0 aromatic heterocycles. The van der Waals surface area contributed by atoms with Gasteiger partial charge in [0.1, 0.15) is 5.78 Å². The predicted molar refractivity (Wildman–Crippen MR) is 77.6 cm³/mol. The maximum atomic E-state index is 12.5. The summed E-state index contributed by atoms with van der Waals surface area (Å²) < 4.78 is 0. The van der Waals surface area contributed by atoms with Gasteiger partial charge in [-0.2, -0.15) is 0 Å². The first kappa shape index (κ1) is 14.1. The van der Waals surface area contributed by atoms with Crippen molar-refractivity contribution >= 4 is 11.6 Å². The Morgan fingerprint density at radius 2 is 1.81 bits per heavy atom. The minimum absolute atomic E-state index is 0.0739. The molecule has 21 heavy (non-hydrogen) atoms. The number of aromatic hydroxyl groups is 2. The summed E-state index contributed by atoms with van der Waals surface area (Å²) in [7, 11) is 0. The highest BCUT2D eigenvalue weighted by Crippen LogP contribution is 2.57. The lowest BCUT2D eigenvalue weighted by Crippen LogP contribution is -2.53. The molecule has 4 heteroatoms. The van der Waals surface area contributed by atoms with E-state index in [1.54, 1.807) is 6.07 Å². The van der Waals surface area contributed by atoms with Crippen molar-refractivity contribution in [2.75, 3.05) is 0 Å². The lowest BCUT2D eigenvalue weighted by Gasteiger charge is -2.52. The van der Waals surface area contributed by atoms with Crippen LogP contribution in [0.4, 0.5) is 0 Å². The molecule has 2 N–H and O–H groups in total. The summed E-state index contributed by atoms with van der Waals surface area (Å²) in [5.41, 5.74) is 0.123. The van der Waals surface area contributed by atoms with Crippen LogP contribution in [0.25, 0.3) is 0 Å². The van der Waals surface area contributed by atoms with Gasteiger partial charge in [0.05, 0.1) is 5.56 Å². The van der Waals surface area contributed by atoms with Gasteiger partial charge in [0.2, 0.25) is 0 Å². The number of rotatable bonds is 0. The summed E-state index contributed by atoms with van der Waals surface area (Å²) in [6.45, 7) is 5.89. The highest BCUT2D eigenvalue weighted by Gasteiger charge is 2.55. The van der Waals surface area contributed by atoms with Crippen LogP contribution < -0.4 is 0 Å². The van der Waals surface area contributed by atoms with E-state index in [9.17, 15) is 19.8 Å². The minimum atomic E-state index is -0.548. The molecule has 0 saturated heterocycles. The third-order valence-electron chi connectivity index (χ3n) is 5.67. The fourth-order valence-corrected chi connectivity index (χ4v) is 4.29. The zero-order valence-electron chi connectivity index (χ0n) is 12.6. The van der Waals surface area contributed by atoms with Crippen LogP contribution in [0.2, 0.25) is 0 Å². The Kier molecular flexibility index (Phi) is 2.75. The maximum Gasteiger partial charge on any atom is 0.168 e. The van der Waals surface area contributed by atoms with Gasteiger partial charge in [0.15, 0.2) is 17.3 Å². The summed E-state index contributed by atoms with van der Waals surface area (Å²) in [4.78, 5) is 24.7. The highest BCUT2D eigenvalue weighted by molar-refractivity contribution is 6.03. The van der Waals surface area contributed by atoms with Crippen LogP contribution in [0.5, 0.6) is 11.5 Å². The molecule has 1 saturated carbocycles. The van der Waals surface area contributed by atoms with E-state index in [4.69, 9.17) is 0 Å². The second kappa shape index (κ2) is 4.09. The Labute approximate surface area is 123 Å². The van der Waals surface area contributed by atoms with Crippen LogP contribution in [-0.2, 0) is 10.2 Å². The molecule has 112 valence electrons. The SMILES string of the molecule is CC1(C)C(=O)CCC2(C)c3ccc(O)c(O)c3C(=O)CC12. The first-order valence-corrected chi connectivity index (χ1v) is 7.31. The molecule has 3 rings (SSSR count). The number of ketones is 2. The Hall–Kier alpha value is -1.84. The molecular formula is C17H20O4. The molecule has 0 radical (unpaired) electrons. The molecule has 2 aliphatic carbocycles. The molecule has 0 aliphatic heterocycles. The fraction of sp³-hybridized carbons (Fsp3) is 0.529. The minimum Gasteiger partial charge on any atom is -0.504 e. The van der Waals surface area contributed by atoms with E-state index in [-0.39, 0.29) is 46.4 Å². The van der Waals surface area contributed by atoms with Gasteiger partial charge in [-0.3, -0.25) is 9.59 Å². The van der Waals surface area contributed by atoms with Crippen molar-refractivity contribution in [3.63, 3.8) is 0 Å².